The van der Waals surface area contributed by atoms with E-state index in [9.17, 15) is 4.39 Å². The number of halogens is 3. The monoisotopic (exact) mass is 393 g/mol. The highest BCUT2D eigenvalue weighted by molar-refractivity contribution is 6.36. The summed E-state index contributed by atoms with van der Waals surface area (Å²) in [5.41, 5.74) is 2.27. The van der Waals surface area contributed by atoms with Gasteiger partial charge in [-0.1, -0.05) is 29.8 Å². The van der Waals surface area contributed by atoms with Crippen LogP contribution in [0.3, 0.4) is 0 Å². The quantitative estimate of drug-likeness (QED) is 0.596. The lowest BCUT2D eigenvalue weighted by atomic mass is 9.89. The lowest BCUT2D eigenvalue weighted by molar-refractivity contribution is 0.282. The third-order valence-electron chi connectivity index (χ3n) is 4.83. The second-order valence-electron chi connectivity index (χ2n) is 6.47. The normalized spacial score (nSPS) is 15.5. The van der Waals surface area contributed by atoms with E-state index in [2.05, 4.69) is 5.32 Å². The third-order valence-corrected chi connectivity index (χ3v) is 5.35. The van der Waals surface area contributed by atoms with Crippen LogP contribution in [0.5, 0.6) is 5.75 Å². The average Bonchev–Trinajstić information content (AvgIpc) is 3.05. The first kappa shape index (κ1) is 17.7. The Morgan fingerprint density at radius 2 is 1.96 bits per heavy atom. The molecule has 0 unspecified atom stereocenters. The standard InChI is InChI=1S/C20H18Cl2FNO2/c21-16-5-4-13(19-15(16)10-18(22)26-19)11-25-20-14(2-1-3-17(20)23)12-6-8-24-9-7-12/h1-5,10,12,24H,6-9,11H2. The predicted molar refractivity (Wildman–Crippen MR) is 102 cm³/mol. The van der Waals surface area contributed by atoms with Crippen molar-refractivity contribution in [3.63, 3.8) is 0 Å². The Hall–Kier alpha value is -1.75. The Balaban J connectivity index is 1.63. The number of para-hydroxylation sites is 1. The van der Waals surface area contributed by atoms with E-state index in [1.165, 1.54) is 6.07 Å². The highest BCUT2D eigenvalue weighted by Crippen LogP contribution is 2.36. The highest BCUT2D eigenvalue weighted by Gasteiger charge is 2.22. The maximum atomic E-state index is 14.5. The van der Waals surface area contributed by atoms with Crippen molar-refractivity contribution in [3.8, 4) is 5.75 Å². The van der Waals surface area contributed by atoms with Gasteiger partial charge in [0, 0.05) is 22.6 Å². The van der Waals surface area contributed by atoms with Crippen molar-refractivity contribution in [1.82, 2.24) is 5.32 Å². The SMILES string of the molecule is Fc1cccc(C2CCNCC2)c1OCc1ccc(Cl)c2cc(Cl)oc12. The van der Waals surface area contributed by atoms with Crippen LogP contribution >= 0.6 is 23.2 Å². The molecule has 2 heterocycles. The molecule has 1 aliphatic rings. The number of furan rings is 1. The largest absolute Gasteiger partial charge is 0.485 e. The summed E-state index contributed by atoms with van der Waals surface area (Å²) in [7, 11) is 0. The van der Waals surface area contributed by atoms with Crippen LogP contribution in [0, 0.1) is 5.82 Å². The van der Waals surface area contributed by atoms with E-state index in [4.69, 9.17) is 32.4 Å². The second-order valence-corrected chi connectivity index (χ2v) is 7.25. The molecule has 26 heavy (non-hydrogen) atoms. The molecule has 3 nitrogen and oxygen atoms in total. The zero-order valence-electron chi connectivity index (χ0n) is 14.0. The van der Waals surface area contributed by atoms with Gasteiger partial charge in [-0.2, -0.15) is 0 Å². The Bertz CT molecular complexity index is 935. The molecule has 6 heteroatoms. The second kappa shape index (κ2) is 7.47. The van der Waals surface area contributed by atoms with Crippen LogP contribution in [0.2, 0.25) is 10.2 Å². The first-order valence-electron chi connectivity index (χ1n) is 8.62. The van der Waals surface area contributed by atoms with Gasteiger partial charge in [-0.3, -0.25) is 0 Å². The molecular formula is C20H18Cl2FNO2. The Kier molecular flexibility index (Phi) is 5.07. The lowest BCUT2D eigenvalue weighted by Gasteiger charge is -2.25. The summed E-state index contributed by atoms with van der Waals surface area (Å²) in [4.78, 5) is 0. The van der Waals surface area contributed by atoms with Gasteiger partial charge in [-0.05, 0) is 55.6 Å². The maximum Gasteiger partial charge on any atom is 0.194 e. The minimum Gasteiger partial charge on any atom is -0.485 e. The minimum absolute atomic E-state index is 0.177. The smallest absolute Gasteiger partial charge is 0.194 e. The summed E-state index contributed by atoms with van der Waals surface area (Å²) in [5, 5.41) is 4.87. The average molecular weight is 394 g/mol. The van der Waals surface area contributed by atoms with E-state index < -0.39 is 0 Å². The van der Waals surface area contributed by atoms with Gasteiger partial charge in [0.2, 0.25) is 0 Å². The number of fused-ring (bicyclic) bond motifs is 1. The van der Waals surface area contributed by atoms with Crippen LogP contribution in [0.1, 0.15) is 29.9 Å². The molecule has 0 amide bonds. The molecular weight excluding hydrogens is 376 g/mol. The van der Waals surface area contributed by atoms with Gasteiger partial charge in [-0.15, -0.1) is 0 Å². The van der Waals surface area contributed by atoms with Crippen LogP contribution in [0.15, 0.2) is 40.8 Å². The molecule has 1 N–H and O–H groups in total. The first-order chi connectivity index (χ1) is 12.6. The zero-order chi connectivity index (χ0) is 18.1. The van der Waals surface area contributed by atoms with Crippen LogP contribution in [-0.2, 0) is 6.61 Å². The molecule has 0 aliphatic carbocycles. The summed E-state index contributed by atoms with van der Waals surface area (Å²) in [5.74, 6) is 0.272. The van der Waals surface area contributed by atoms with Crippen LogP contribution in [-0.4, -0.2) is 13.1 Å². The highest BCUT2D eigenvalue weighted by atomic mass is 35.5. The number of hydrogen-bond acceptors (Lipinski definition) is 3. The number of ether oxygens (including phenoxy) is 1. The van der Waals surface area contributed by atoms with Crippen molar-refractivity contribution in [2.24, 2.45) is 0 Å². The molecule has 2 aromatic carbocycles. The molecule has 0 saturated carbocycles. The number of benzene rings is 2. The van der Waals surface area contributed by atoms with Crippen molar-refractivity contribution in [2.45, 2.75) is 25.4 Å². The predicted octanol–water partition coefficient (Wildman–Crippen LogP) is 5.92. The van der Waals surface area contributed by atoms with Crippen LogP contribution in [0.25, 0.3) is 11.0 Å². The molecule has 1 aromatic heterocycles. The summed E-state index contributed by atoms with van der Waals surface area (Å²) < 4.78 is 26.0. The van der Waals surface area contributed by atoms with Gasteiger partial charge in [0.25, 0.3) is 0 Å². The number of rotatable bonds is 4. The summed E-state index contributed by atoms with van der Waals surface area (Å²) in [6, 6.07) is 10.4. The first-order valence-corrected chi connectivity index (χ1v) is 9.37. The minimum atomic E-state index is -0.344. The molecule has 0 spiro atoms. The molecule has 0 bridgehead atoms. The molecule has 0 atom stereocenters. The topological polar surface area (TPSA) is 34.4 Å². The number of piperidine rings is 1. The van der Waals surface area contributed by atoms with E-state index >= 15 is 0 Å². The molecule has 3 aromatic rings. The van der Waals surface area contributed by atoms with Crippen molar-refractivity contribution in [2.75, 3.05) is 13.1 Å². The van der Waals surface area contributed by atoms with Crippen molar-refractivity contribution < 1.29 is 13.5 Å². The molecule has 1 fully saturated rings. The maximum absolute atomic E-state index is 14.5. The van der Waals surface area contributed by atoms with Crippen LogP contribution < -0.4 is 10.1 Å². The zero-order valence-corrected chi connectivity index (χ0v) is 15.5. The Morgan fingerprint density at radius 1 is 1.15 bits per heavy atom. The molecule has 1 aliphatic heterocycles. The van der Waals surface area contributed by atoms with Gasteiger partial charge in [0.15, 0.2) is 16.8 Å². The van der Waals surface area contributed by atoms with E-state index in [1.54, 1.807) is 18.2 Å². The van der Waals surface area contributed by atoms with Crippen molar-refractivity contribution in [1.29, 1.82) is 0 Å². The molecule has 4 rings (SSSR count). The van der Waals surface area contributed by atoms with Crippen molar-refractivity contribution in [3.05, 3.63) is 63.6 Å². The Labute approximate surface area is 161 Å². The lowest BCUT2D eigenvalue weighted by Crippen LogP contribution is -2.27. The Morgan fingerprint density at radius 3 is 2.77 bits per heavy atom. The fraction of sp³-hybridized carbons (Fsp3) is 0.300. The van der Waals surface area contributed by atoms with E-state index in [1.807, 2.05) is 12.1 Å². The fourth-order valence-corrected chi connectivity index (χ4v) is 3.90. The van der Waals surface area contributed by atoms with Gasteiger partial charge in [0.05, 0.1) is 5.02 Å². The summed E-state index contributed by atoms with van der Waals surface area (Å²) in [6.07, 6.45) is 1.94. The third kappa shape index (κ3) is 3.41. The van der Waals surface area contributed by atoms with Crippen LogP contribution in [0.4, 0.5) is 4.39 Å². The van der Waals surface area contributed by atoms with E-state index in [-0.39, 0.29) is 17.6 Å². The summed E-state index contributed by atoms with van der Waals surface area (Å²) in [6.45, 7) is 2.04. The molecule has 136 valence electrons. The van der Waals surface area contributed by atoms with Gasteiger partial charge >= 0.3 is 0 Å². The number of hydrogen-bond donors (Lipinski definition) is 1. The van der Waals surface area contributed by atoms with Crippen molar-refractivity contribution >= 4 is 34.2 Å². The van der Waals surface area contributed by atoms with E-state index in [0.29, 0.717) is 22.3 Å². The fourth-order valence-electron chi connectivity index (χ4n) is 3.51. The summed E-state index contributed by atoms with van der Waals surface area (Å²) >= 11 is 12.2. The van der Waals surface area contributed by atoms with Gasteiger partial charge in [0.1, 0.15) is 12.2 Å². The molecule has 1 saturated heterocycles. The molecule has 0 radical (unpaired) electrons. The number of nitrogens with one attached hydrogen (secondary N) is 1. The van der Waals surface area contributed by atoms with E-state index in [0.717, 1.165) is 42.4 Å². The van der Waals surface area contributed by atoms with Gasteiger partial charge < -0.3 is 14.5 Å². The van der Waals surface area contributed by atoms with Gasteiger partial charge in [-0.25, -0.2) is 4.39 Å².